The Bertz CT molecular complexity index is 700. The number of sulfonamides is 1. The number of nitrogen functional groups attached to an aromatic ring is 1. The monoisotopic (exact) mass is 315 g/mol. The minimum Gasteiger partial charge on any atom is -0.399 e. The molecule has 0 bridgehead atoms. The Morgan fingerprint density at radius 2 is 2.20 bits per heavy atom. The van der Waals surface area contributed by atoms with Crippen molar-refractivity contribution in [2.75, 3.05) is 12.3 Å². The summed E-state index contributed by atoms with van der Waals surface area (Å²) in [6.45, 7) is 1.62. The lowest BCUT2D eigenvalue weighted by Crippen LogP contribution is -2.27. The molecule has 2 aromatic rings. The molecule has 108 valence electrons. The SMILES string of the molecule is Cc1cc(N)cc(S(=O)(=O)NCCc2cscn2)c1F. The van der Waals surface area contributed by atoms with Gasteiger partial charge in [-0.1, -0.05) is 0 Å². The van der Waals surface area contributed by atoms with Crippen LogP contribution in [0.4, 0.5) is 10.1 Å². The third kappa shape index (κ3) is 3.33. The van der Waals surface area contributed by atoms with Crippen LogP contribution in [0.1, 0.15) is 11.3 Å². The highest BCUT2D eigenvalue weighted by Gasteiger charge is 2.20. The number of aromatic nitrogens is 1. The minimum atomic E-state index is -3.92. The number of benzene rings is 1. The zero-order valence-electron chi connectivity index (χ0n) is 10.8. The number of nitrogens with two attached hydrogens (primary N) is 1. The van der Waals surface area contributed by atoms with E-state index in [1.54, 1.807) is 5.51 Å². The van der Waals surface area contributed by atoms with Crippen molar-refractivity contribution in [2.45, 2.75) is 18.2 Å². The van der Waals surface area contributed by atoms with Crippen LogP contribution < -0.4 is 10.5 Å². The molecule has 1 aromatic carbocycles. The number of anilines is 1. The fraction of sp³-hybridized carbons (Fsp3) is 0.250. The van der Waals surface area contributed by atoms with E-state index >= 15 is 0 Å². The van der Waals surface area contributed by atoms with E-state index in [1.807, 2.05) is 5.38 Å². The summed E-state index contributed by atoms with van der Waals surface area (Å²) in [5.41, 5.74) is 8.44. The van der Waals surface area contributed by atoms with Crippen LogP contribution in [-0.4, -0.2) is 19.9 Å². The smallest absolute Gasteiger partial charge is 0.243 e. The van der Waals surface area contributed by atoms with Gasteiger partial charge in [0.1, 0.15) is 10.7 Å². The largest absolute Gasteiger partial charge is 0.399 e. The molecule has 0 amide bonds. The topological polar surface area (TPSA) is 85.1 Å². The molecule has 2 rings (SSSR count). The molecule has 1 heterocycles. The van der Waals surface area contributed by atoms with Gasteiger partial charge in [-0.15, -0.1) is 11.3 Å². The normalized spacial score (nSPS) is 11.7. The number of hydrogen-bond acceptors (Lipinski definition) is 5. The lowest BCUT2D eigenvalue weighted by Gasteiger charge is -2.09. The molecule has 5 nitrogen and oxygen atoms in total. The zero-order chi connectivity index (χ0) is 14.8. The molecule has 0 aliphatic rings. The second kappa shape index (κ2) is 5.86. The number of aryl methyl sites for hydroxylation is 1. The molecule has 3 N–H and O–H groups in total. The molecule has 0 spiro atoms. The van der Waals surface area contributed by atoms with Crippen LogP contribution in [0.5, 0.6) is 0 Å². The van der Waals surface area contributed by atoms with Crippen molar-refractivity contribution in [3.63, 3.8) is 0 Å². The number of rotatable bonds is 5. The lowest BCUT2D eigenvalue weighted by atomic mass is 10.2. The molecular formula is C12H14FN3O2S2. The van der Waals surface area contributed by atoms with Crippen molar-refractivity contribution in [2.24, 2.45) is 0 Å². The van der Waals surface area contributed by atoms with Crippen molar-refractivity contribution < 1.29 is 12.8 Å². The number of halogens is 1. The molecule has 8 heteroatoms. The van der Waals surface area contributed by atoms with Gasteiger partial charge in [0.05, 0.1) is 11.2 Å². The summed E-state index contributed by atoms with van der Waals surface area (Å²) < 4.78 is 40.4. The highest BCUT2D eigenvalue weighted by Crippen LogP contribution is 2.21. The zero-order valence-corrected chi connectivity index (χ0v) is 12.4. The Balaban J connectivity index is 2.14. The molecule has 0 saturated heterocycles. The Morgan fingerprint density at radius 1 is 1.45 bits per heavy atom. The third-order valence-electron chi connectivity index (χ3n) is 2.69. The van der Waals surface area contributed by atoms with Gasteiger partial charge in [-0.2, -0.15) is 0 Å². The van der Waals surface area contributed by atoms with Gasteiger partial charge in [0.2, 0.25) is 10.0 Å². The van der Waals surface area contributed by atoms with E-state index < -0.39 is 20.7 Å². The average Bonchev–Trinajstić information content (AvgIpc) is 2.86. The van der Waals surface area contributed by atoms with Crippen LogP contribution in [0.25, 0.3) is 0 Å². The van der Waals surface area contributed by atoms with Gasteiger partial charge >= 0.3 is 0 Å². The van der Waals surface area contributed by atoms with E-state index in [1.165, 1.54) is 24.3 Å². The molecule has 0 unspecified atom stereocenters. The molecule has 0 aliphatic carbocycles. The first kappa shape index (κ1) is 14.9. The molecule has 0 saturated carbocycles. The van der Waals surface area contributed by atoms with Gasteiger partial charge in [0.15, 0.2) is 0 Å². The Hall–Kier alpha value is -1.51. The van der Waals surface area contributed by atoms with Crippen molar-refractivity contribution >= 4 is 27.0 Å². The summed E-state index contributed by atoms with van der Waals surface area (Å²) in [5, 5.41) is 1.83. The Kier molecular flexibility index (Phi) is 4.36. The summed E-state index contributed by atoms with van der Waals surface area (Å²) >= 11 is 1.44. The Labute approximate surface area is 120 Å². The standard InChI is InChI=1S/C12H14FN3O2S2/c1-8-4-9(14)5-11(12(8)13)20(17,18)16-3-2-10-6-19-7-15-10/h4-7,16H,2-3,14H2,1H3. The third-order valence-corrected chi connectivity index (χ3v) is 4.79. The van der Waals surface area contributed by atoms with Crippen molar-refractivity contribution in [3.05, 3.63) is 40.1 Å². The predicted octanol–water partition coefficient (Wildman–Crippen LogP) is 1.69. The van der Waals surface area contributed by atoms with Crippen LogP contribution in [0, 0.1) is 12.7 Å². The summed E-state index contributed by atoms with van der Waals surface area (Å²) in [6, 6.07) is 2.51. The summed E-state index contributed by atoms with van der Waals surface area (Å²) in [7, 11) is -3.92. The first-order valence-electron chi connectivity index (χ1n) is 5.82. The van der Waals surface area contributed by atoms with Crippen LogP contribution >= 0.6 is 11.3 Å². The quantitative estimate of drug-likeness (QED) is 0.822. The van der Waals surface area contributed by atoms with Crippen molar-refractivity contribution in [3.8, 4) is 0 Å². The molecule has 20 heavy (non-hydrogen) atoms. The van der Waals surface area contributed by atoms with Crippen LogP contribution in [-0.2, 0) is 16.4 Å². The van der Waals surface area contributed by atoms with Gasteiger partial charge in [0.25, 0.3) is 0 Å². The first-order valence-corrected chi connectivity index (χ1v) is 8.25. The van der Waals surface area contributed by atoms with Crippen LogP contribution in [0.3, 0.4) is 0 Å². The number of hydrogen-bond donors (Lipinski definition) is 2. The van der Waals surface area contributed by atoms with E-state index in [-0.39, 0.29) is 17.8 Å². The second-order valence-corrected chi connectivity index (χ2v) is 6.73. The predicted molar refractivity (Wildman–Crippen MR) is 76.6 cm³/mol. The maximum Gasteiger partial charge on any atom is 0.243 e. The number of nitrogens with zero attached hydrogens (tertiary/aromatic N) is 1. The van der Waals surface area contributed by atoms with E-state index in [0.29, 0.717) is 6.42 Å². The van der Waals surface area contributed by atoms with Crippen molar-refractivity contribution in [1.82, 2.24) is 9.71 Å². The summed E-state index contributed by atoms with van der Waals surface area (Å²) in [6.07, 6.45) is 0.450. The maximum absolute atomic E-state index is 13.9. The number of thiazole rings is 1. The minimum absolute atomic E-state index is 0.152. The lowest BCUT2D eigenvalue weighted by molar-refractivity contribution is 0.553. The molecule has 1 aromatic heterocycles. The first-order chi connectivity index (χ1) is 9.40. The van der Waals surface area contributed by atoms with E-state index in [4.69, 9.17) is 5.73 Å². The summed E-state index contributed by atoms with van der Waals surface area (Å²) in [4.78, 5) is 3.62. The molecule has 0 fully saturated rings. The highest BCUT2D eigenvalue weighted by molar-refractivity contribution is 7.89. The van der Waals surface area contributed by atoms with E-state index in [0.717, 1.165) is 11.8 Å². The van der Waals surface area contributed by atoms with Gasteiger partial charge in [-0.05, 0) is 24.6 Å². The van der Waals surface area contributed by atoms with Gasteiger partial charge < -0.3 is 5.73 Å². The van der Waals surface area contributed by atoms with E-state index in [2.05, 4.69) is 9.71 Å². The molecule has 0 aliphatic heterocycles. The highest BCUT2D eigenvalue weighted by atomic mass is 32.2. The average molecular weight is 315 g/mol. The van der Waals surface area contributed by atoms with Crippen molar-refractivity contribution in [1.29, 1.82) is 0 Å². The van der Waals surface area contributed by atoms with Crippen LogP contribution in [0.15, 0.2) is 27.9 Å². The molecular weight excluding hydrogens is 301 g/mol. The molecule has 0 atom stereocenters. The van der Waals surface area contributed by atoms with Gasteiger partial charge in [-0.25, -0.2) is 22.5 Å². The Morgan fingerprint density at radius 3 is 2.85 bits per heavy atom. The van der Waals surface area contributed by atoms with Crippen LogP contribution in [0.2, 0.25) is 0 Å². The fourth-order valence-electron chi connectivity index (χ4n) is 1.71. The van der Waals surface area contributed by atoms with Gasteiger partial charge in [-0.3, -0.25) is 0 Å². The van der Waals surface area contributed by atoms with E-state index in [9.17, 15) is 12.8 Å². The second-order valence-electron chi connectivity index (χ2n) is 4.28. The fourth-order valence-corrected chi connectivity index (χ4v) is 3.52. The maximum atomic E-state index is 13.9. The summed E-state index contributed by atoms with van der Waals surface area (Å²) in [5.74, 6) is -0.777. The molecule has 0 radical (unpaired) electrons. The number of nitrogens with one attached hydrogen (secondary N) is 1. The van der Waals surface area contributed by atoms with Gasteiger partial charge in [0, 0.05) is 24.0 Å².